The van der Waals surface area contributed by atoms with E-state index in [9.17, 15) is 14.4 Å². The number of likely N-dealkylation sites (tertiary alicyclic amines) is 1. The Kier molecular flexibility index (Phi) is 7.76. The van der Waals surface area contributed by atoms with Crippen molar-refractivity contribution in [1.82, 2.24) is 20.0 Å². The summed E-state index contributed by atoms with van der Waals surface area (Å²) < 4.78 is 6.29. The third kappa shape index (κ3) is 5.71. The summed E-state index contributed by atoms with van der Waals surface area (Å²) in [7, 11) is 2.18. The monoisotopic (exact) mass is 545 g/mol. The highest BCUT2D eigenvalue weighted by atomic mass is 16.5. The van der Waals surface area contributed by atoms with Crippen molar-refractivity contribution in [3.05, 3.63) is 59.2 Å². The second-order valence-corrected chi connectivity index (χ2v) is 11.6. The lowest BCUT2D eigenvalue weighted by Gasteiger charge is -2.36. The molecule has 6 rings (SSSR count). The van der Waals surface area contributed by atoms with Gasteiger partial charge in [0.2, 0.25) is 11.8 Å². The van der Waals surface area contributed by atoms with Gasteiger partial charge in [-0.25, -0.2) is 0 Å². The van der Waals surface area contributed by atoms with E-state index in [0.717, 1.165) is 57.0 Å². The Labute approximate surface area is 236 Å². The third-order valence-electron chi connectivity index (χ3n) is 8.88. The van der Waals surface area contributed by atoms with Crippen LogP contribution in [0.1, 0.15) is 53.6 Å². The lowest BCUT2D eigenvalue weighted by atomic mass is 10.0. The molecule has 0 radical (unpaired) electrons. The average Bonchev–Trinajstić information content (AvgIpc) is 3.28. The fourth-order valence-corrected chi connectivity index (χ4v) is 6.40. The second kappa shape index (κ2) is 11.6. The quantitative estimate of drug-likeness (QED) is 0.536. The minimum atomic E-state index is -0.603. The molecule has 2 atom stereocenters. The first-order chi connectivity index (χ1) is 19.4. The standard InChI is InChI=1S/C31H39N5O4/c1-33-14-16-34(17-15-33)24-7-5-22(6-8-24)19-35-13-3-2-4-25(35)21-40-26-9-10-27-23(18-26)20-36(31(27)39)28-11-12-29(37)32-30(28)38/h5-10,18,25,28H,2-4,11-17,19-21H2,1H3,(H,32,37,38)/t25-,28?/m0/s1. The molecule has 1 N–H and O–H groups in total. The Hall–Kier alpha value is -3.43. The highest BCUT2D eigenvalue weighted by Crippen LogP contribution is 2.31. The van der Waals surface area contributed by atoms with Crippen molar-refractivity contribution in [3.8, 4) is 5.75 Å². The number of fused-ring (bicyclic) bond motifs is 1. The number of ether oxygens (including phenoxy) is 1. The van der Waals surface area contributed by atoms with E-state index >= 15 is 0 Å². The fraction of sp³-hybridized carbons (Fsp3) is 0.516. The molecule has 4 aliphatic heterocycles. The molecule has 2 aromatic carbocycles. The third-order valence-corrected chi connectivity index (χ3v) is 8.88. The zero-order chi connectivity index (χ0) is 27.6. The molecular formula is C31H39N5O4. The zero-order valence-electron chi connectivity index (χ0n) is 23.3. The minimum absolute atomic E-state index is 0.159. The van der Waals surface area contributed by atoms with Gasteiger partial charge in [0.1, 0.15) is 18.4 Å². The van der Waals surface area contributed by atoms with Gasteiger partial charge in [-0.2, -0.15) is 0 Å². The van der Waals surface area contributed by atoms with E-state index in [1.54, 1.807) is 11.0 Å². The number of carbonyl (C=O) groups is 3. The molecule has 4 heterocycles. The average molecular weight is 546 g/mol. The van der Waals surface area contributed by atoms with E-state index in [0.29, 0.717) is 31.2 Å². The van der Waals surface area contributed by atoms with Crippen molar-refractivity contribution in [1.29, 1.82) is 0 Å². The smallest absolute Gasteiger partial charge is 0.255 e. The van der Waals surface area contributed by atoms with Crippen LogP contribution in [0.4, 0.5) is 5.69 Å². The summed E-state index contributed by atoms with van der Waals surface area (Å²) in [6.07, 6.45) is 4.12. The highest BCUT2D eigenvalue weighted by Gasteiger charge is 2.39. The van der Waals surface area contributed by atoms with Crippen molar-refractivity contribution in [3.63, 3.8) is 0 Å². The number of piperidine rings is 2. The molecule has 3 saturated heterocycles. The molecule has 9 heteroatoms. The number of hydrogen-bond donors (Lipinski definition) is 1. The molecule has 1 unspecified atom stereocenters. The van der Waals surface area contributed by atoms with Crippen LogP contribution < -0.4 is 15.0 Å². The van der Waals surface area contributed by atoms with Gasteiger partial charge >= 0.3 is 0 Å². The number of nitrogens with zero attached hydrogens (tertiary/aromatic N) is 4. The summed E-state index contributed by atoms with van der Waals surface area (Å²) in [5.41, 5.74) is 4.11. The van der Waals surface area contributed by atoms with Gasteiger partial charge in [0.25, 0.3) is 5.91 Å². The van der Waals surface area contributed by atoms with Crippen LogP contribution in [-0.4, -0.2) is 90.9 Å². The van der Waals surface area contributed by atoms with Crippen LogP contribution in [0.2, 0.25) is 0 Å². The van der Waals surface area contributed by atoms with Crippen LogP contribution in [0, 0.1) is 0 Å². The van der Waals surface area contributed by atoms with Gasteiger partial charge in [-0.05, 0) is 74.3 Å². The summed E-state index contributed by atoms with van der Waals surface area (Å²) >= 11 is 0. The van der Waals surface area contributed by atoms with Gasteiger partial charge in [-0.3, -0.25) is 24.6 Å². The molecular weight excluding hydrogens is 506 g/mol. The van der Waals surface area contributed by atoms with Crippen LogP contribution in [0.5, 0.6) is 5.75 Å². The largest absolute Gasteiger partial charge is 0.492 e. The zero-order valence-corrected chi connectivity index (χ0v) is 23.3. The molecule has 3 fully saturated rings. The molecule has 0 aromatic heterocycles. The maximum Gasteiger partial charge on any atom is 0.255 e. The number of benzene rings is 2. The maximum absolute atomic E-state index is 13.0. The van der Waals surface area contributed by atoms with E-state index in [1.165, 1.54) is 24.1 Å². The van der Waals surface area contributed by atoms with Gasteiger partial charge in [0.15, 0.2) is 0 Å². The van der Waals surface area contributed by atoms with Crippen molar-refractivity contribution in [2.75, 3.05) is 51.3 Å². The van der Waals surface area contributed by atoms with Gasteiger partial charge in [0.05, 0.1) is 0 Å². The molecule has 212 valence electrons. The number of rotatable bonds is 7. The van der Waals surface area contributed by atoms with Crippen molar-refractivity contribution in [2.45, 2.75) is 57.3 Å². The molecule has 9 nitrogen and oxygen atoms in total. The SMILES string of the molecule is CN1CCN(c2ccc(CN3CCCC[C@H]3COc3ccc4c(c3)CN(C3CCC(=O)NC3=O)C4=O)cc2)CC1. The van der Waals surface area contributed by atoms with Crippen LogP contribution >= 0.6 is 0 Å². The lowest BCUT2D eigenvalue weighted by Crippen LogP contribution is -2.52. The number of carbonyl (C=O) groups excluding carboxylic acids is 3. The van der Waals surface area contributed by atoms with Gasteiger partial charge in [0, 0.05) is 63.0 Å². The number of imide groups is 1. The molecule has 0 saturated carbocycles. The van der Waals surface area contributed by atoms with Gasteiger partial charge in [-0.1, -0.05) is 18.6 Å². The van der Waals surface area contributed by atoms with Crippen molar-refractivity contribution in [2.24, 2.45) is 0 Å². The summed E-state index contributed by atoms with van der Waals surface area (Å²) in [6.45, 7) is 7.30. The number of anilines is 1. The first kappa shape index (κ1) is 26.8. The van der Waals surface area contributed by atoms with Crippen molar-refractivity contribution < 1.29 is 19.1 Å². The first-order valence-electron chi connectivity index (χ1n) is 14.6. The number of hydrogen-bond acceptors (Lipinski definition) is 7. The van der Waals surface area contributed by atoms with Gasteiger partial charge < -0.3 is 19.4 Å². The summed E-state index contributed by atoms with van der Waals surface area (Å²) in [5.74, 6) is -0.0763. The Morgan fingerprint density at radius 2 is 1.73 bits per heavy atom. The predicted octanol–water partition coefficient (Wildman–Crippen LogP) is 2.63. The van der Waals surface area contributed by atoms with E-state index in [4.69, 9.17) is 4.74 Å². The summed E-state index contributed by atoms with van der Waals surface area (Å²) in [4.78, 5) is 45.8. The summed E-state index contributed by atoms with van der Waals surface area (Å²) in [6, 6.07) is 14.4. The summed E-state index contributed by atoms with van der Waals surface area (Å²) in [5, 5.41) is 2.36. The molecule has 0 spiro atoms. The van der Waals surface area contributed by atoms with Crippen molar-refractivity contribution >= 4 is 23.4 Å². The Balaban J connectivity index is 1.05. The van der Waals surface area contributed by atoms with Crippen LogP contribution in [0.15, 0.2) is 42.5 Å². The van der Waals surface area contributed by atoms with Crippen LogP contribution in [0.25, 0.3) is 0 Å². The molecule has 0 bridgehead atoms. The number of piperazine rings is 1. The molecule has 4 aliphatic rings. The normalized spacial score (nSPS) is 24.3. The van der Waals surface area contributed by atoms with Crippen LogP contribution in [0.3, 0.4) is 0 Å². The molecule has 3 amide bonds. The second-order valence-electron chi connectivity index (χ2n) is 11.6. The van der Waals surface area contributed by atoms with Crippen LogP contribution in [-0.2, 0) is 22.7 Å². The Morgan fingerprint density at radius 1 is 0.925 bits per heavy atom. The topological polar surface area (TPSA) is 85.4 Å². The number of likely N-dealkylation sites (N-methyl/N-ethyl adjacent to an activating group) is 1. The number of amides is 3. The van der Waals surface area contributed by atoms with E-state index in [1.807, 2.05) is 12.1 Å². The highest BCUT2D eigenvalue weighted by molar-refractivity contribution is 6.05. The van der Waals surface area contributed by atoms with E-state index in [-0.39, 0.29) is 24.1 Å². The van der Waals surface area contributed by atoms with E-state index < -0.39 is 6.04 Å². The maximum atomic E-state index is 13.0. The first-order valence-corrected chi connectivity index (χ1v) is 14.6. The lowest BCUT2D eigenvalue weighted by molar-refractivity contribution is -0.136. The Morgan fingerprint density at radius 3 is 2.50 bits per heavy atom. The Bertz CT molecular complexity index is 1260. The molecule has 0 aliphatic carbocycles. The minimum Gasteiger partial charge on any atom is -0.492 e. The number of nitrogens with one attached hydrogen (secondary N) is 1. The fourth-order valence-electron chi connectivity index (χ4n) is 6.40. The molecule has 40 heavy (non-hydrogen) atoms. The van der Waals surface area contributed by atoms with Gasteiger partial charge in [-0.15, -0.1) is 0 Å². The molecule has 2 aromatic rings. The van der Waals surface area contributed by atoms with E-state index in [2.05, 4.69) is 51.3 Å². The predicted molar refractivity (Wildman–Crippen MR) is 152 cm³/mol.